The van der Waals surface area contributed by atoms with Crippen LogP contribution in [0.15, 0.2) is 303 Å². The van der Waals surface area contributed by atoms with E-state index < -0.39 is 30.5 Å². The van der Waals surface area contributed by atoms with Gasteiger partial charge in [-0.3, -0.25) is 48.5 Å². The Kier molecular flexibility index (Phi) is 38.7. The molecule has 0 saturated carbocycles. The second-order valence-electron chi connectivity index (χ2n) is 35.3. The Labute approximate surface area is 744 Å². The van der Waals surface area contributed by atoms with Gasteiger partial charge in [-0.2, -0.15) is 0 Å². The molecule has 0 bridgehead atoms. The van der Waals surface area contributed by atoms with E-state index in [2.05, 4.69) is 59.7 Å². The maximum absolute atomic E-state index is 12.5. The molecular weight excluding hydrogens is 1550 g/mol. The van der Waals surface area contributed by atoms with E-state index in [1.54, 1.807) is 0 Å². The van der Waals surface area contributed by atoms with Crippen molar-refractivity contribution < 1.29 is 49.5 Å². The average molecular weight is 1690 g/mol. The van der Waals surface area contributed by atoms with Crippen LogP contribution in [0.3, 0.4) is 0 Å². The Bertz CT molecular complexity index is 4060. The number of hydrogen-bond acceptors (Lipinski definition) is 15. The lowest BCUT2D eigenvalue weighted by Crippen LogP contribution is -2.45. The first-order valence-corrected chi connectivity index (χ1v) is 45.9. The van der Waals surface area contributed by atoms with Crippen molar-refractivity contribution in [3.63, 3.8) is 0 Å². The molecule has 15 atom stereocenters. The summed E-state index contributed by atoms with van der Waals surface area (Å²) in [5, 5.41) is 52.7. The van der Waals surface area contributed by atoms with Crippen molar-refractivity contribution in [3.8, 4) is 0 Å². The Morgan fingerprint density at radius 2 is 0.328 bits per heavy atom. The minimum absolute atomic E-state index is 0.210. The molecule has 15 nitrogen and oxygen atoms in total. The third-order valence-corrected chi connectivity index (χ3v) is 27.1. The molecule has 15 heteroatoms. The summed E-state index contributed by atoms with van der Waals surface area (Å²) in [6.45, 7) is 0. The number of hydrogen-bond donors (Lipinski definition) is 5. The molecule has 5 heterocycles. The lowest BCUT2D eigenvalue weighted by Gasteiger charge is -2.40. The molecule has 5 N–H and O–H groups in total. The van der Waals surface area contributed by atoms with Crippen molar-refractivity contribution in [2.45, 2.75) is 251 Å². The van der Waals surface area contributed by atoms with Crippen molar-refractivity contribution in [1.29, 1.82) is 0 Å². The molecular formula is C110H135N5O10. The number of benzene rings is 10. The molecule has 0 amide bonds. The maximum atomic E-state index is 12.5. The Morgan fingerprint density at radius 1 is 0.208 bits per heavy atom. The second-order valence-corrected chi connectivity index (χ2v) is 35.3. The highest BCUT2D eigenvalue weighted by Gasteiger charge is 2.37. The van der Waals surface area contributed by atoms with Gasteiger partial charge >= 0.3 is 0 Å². The molecule has 0 unspecified atom stereocenters. The van der Waals surface area contributed by atoms with E-state index in [0.717, 1.165) is 184 Å². The summed E-state index contributed by atoms with van der Waals surface area (Å²) in [6.07, 6.45) is 20.3. The molecule has 0 aliphatic carbocycles. The van der Waals surface area contributed by atoms with E-state index in [1.165, 1.54) is 0 Å². The summed E-state index contributed by atoms with van der Waals surface area (Å²) in [4.78, 5) is 74.2. The number of aliphatic hydroxyl groups is 5. The third kappa shape index (κ3) is 29.6. The van der Waals surface area contributed by atoms with Crippen molar-refractivity contribution >= 4 is 28.9 Å². The van der Waals surface area contributed by atoms with E-state index in [4.69, 9.17) is 0 Å². The SMILES string of the molecule is CN1[C@@H](CC(=O)c2ccccc2)CCC[C@H]1C[C@H](O)c1ccccc1.CN1[C@@H](CC(=O)c2ccccc2)CCC[C@H]1C[C@H](O)c1ccccc1.CN1[C@@H](CC(=O)c2ccccc2)CCC[C@H]1C[C@H](O)c1ccccc1.CN1[C@@H](CC(=O)c2ccccc2)CCC[C@H]1C[C@H](O)c1ccccc1.CN1[C@@H](CC(=O)c2ccccc2)CCC[C@H]1C[C@H](O)c1ccccc1. The average Bonchev–Trinajstić information content (AvgIpc) is 0.849. The molecule has 5 saturated heterocycles. The summed E-state index contributed by atoms with van der Waals surface area (Å²) in [5.41, 5.74) is 8.82. The van der Waals surface area contributed by atoms with E-state index >= 15 is 0 Å². The standard InChI is InChI=1S/5C22H27NO2/c5*1-23-19(15-21(24)17-9-4-2-5-10-17)13-8-14-20(23)16-22(25)18-11-6-3-7-12-18/h5*2-7,9-12,19-21,24H,8,13-16H2,1H3/t5*19-,20+,21-/m00000/s1. The van der Waals surface area contributed by atoms with Crippen LogP contribution in [0.5, 0.6) is 0 Å². The van der Waals surface area contributed by atoms with Crippen LogP contribution in [0, 0.1) is 0 Å². The highest BCUT2D eigenvalue weighted by molar-refractivity contribution is 5.98. The van der Waals surface area contributed by atoms with Crippen molar-refractivity contribution in [2.75, 3.05) is 35.2 Å². The van der Waals surface area contributed by atoms with Gasteiger partial charge in [0.15, 0.2) is 28.9 Å². The van der Waals surface area contributed by atoms with Gasteiger partial charge < -0.3 is 25.5 Å². The summed E-state index contributed by atoms with van der Waals surface area (Å²) in [6, 6.07) is 99.8. The number of aliphatic hydroxyl groups excluding tert-OH is 5. The number of likely N-dealkylation sites (tertiary alicyclic amines) is 5. The van der Waals surface area contributed by atoms with Gasteiger partial charge in [0, 0.05) is 120 Å². The molecule has 10 aromatic carbocycles. The zero-order chi connectivity index (χ0) is 88.2. The van der Waals surface area contributed by atoms with Crippen LogP contribution < -0.4 is 0 Å². The van der Waals surface area contributed by atoms with E-state index in [-0.39, 0.29) is 59.1 Å². The lowest BCUT2D eigenvalue weighted by atomic mass is 9.88. The maximum Gasteiger partial charge on any atom is 0.164 e. The monoisotopic (exact) mass is 1690 g/mol. The molecule has 0 radical (unpaired) electrons. The van der Waals surface area contributed by atoms with E-state index in [0.29, 0.717) is 62.3 Å². The predicted octanol–water partition coefficient (Wildman–Crippen LogP) is 21.2. The van der Waals surface area contributed by atoms with Crippen LogP contribution in [-0.4, -0.2) is 175 Å². The Balaban J connectivity index is 0.000000152. The number of nitrogens with zero attached hydrogens (tertiary/aromatic N) is 5. The molecule has 0 spiro atoms. The van der Waals surface area contributed by atoms with Crippen molar-refractivity contribution in [1.82, 2.24) is 24.5 Å². The number of rotatable bonds is 30. The van der Waals surface area contributed by atoms with E-state index in [1.807, 2.05) is 303 Å². The number of carbonyl (C=O) groups excluding carboxylic acids is 5. The Morgan fingerprint density at radius 3 is 0.464 bits per heavy atom. The first-order chi connectivity index (χ1) is 60.7. The first kappa shape index (κ1) is 95.8. The molecule has 125 heavy (non-hydrogen) atoms. The zero-order valence-electron chi connectivity index (χ0n) is 74.2. The highest BCUT2D eigenvalue weighted by Crippen LogP contribution is 2.37. The number of Topliss-reactive ketones (excluding diaryl/α,β-unsaturated/α-hetero) is 5. The molecule has 660 valence electrons. The van der Waals surface area contributed by atoms with E-state index in [9.17, 15) is 49.5 Å². The molecule has 5 aliphatic rings. The van der Waals surface area contributed by atoms with Gasteiger partial charge in [-0.1, -0.05) is 335 Å². The van der Waals surface area contributed by atoms with Gasteiger partial charge in [0.05, 0.1) is 30.5 Å². The van der Waals surface area contributed by atoms with Crippen LogP contribution in [-0.2, 0) is 0 Å². The fourth-order valence-electron chi connectivity index (χ4n) is 19.2. The summed E-state index contributed by atoms with van der Waals surface area (Å²) < 4.78 is 0. The smallest absolute Gasteiger partial charge is 0.164 e. The predicted molar refractivity (Wildman–Crippen MR) is 503 cm³/mol. The van der Waals surface area contributed by atoms with Gasteiger partial charge in [0.25, 0.3) is 0 Å². The zero-order valence-corrected chi connectivity index (χ0v) is 74.2. The normalized spacial score (nSPS) is 22.5. The fourth-order valence-corrected chi connectivity index (χ4v) is 19.2. The number of piperidine rings is 5. The van der Waals surface area contributed by atoms with Gasteiger partial charge in [-0.15, -0.1) is 0 Å². The van der Waals surface area contributed by atoms with Gasteiger partial charge in [0.1, 0.15) is 0 Å². The van der Waals surface area contributed by atoms with Gasteiger partial charge in [0.2, 0.25) is 0 Å². The summed E-state index contributed by atoms with van der Waals surface area (Å²) in [5.74, 6) is 1.05. The van der Waals surface area contributed by atoms with Crippen LogP contribution in [0.25, 0.3) is 0 Å². The van der Waals surface area contributed by atoms with Gasteiger partial charge in [-0.05, 0) is 159 Å². The van der Waals surface area contributed by atoms with Crippen molar-refractivity contribution in [2.24, 2.45) is 0 Å². The first-order valence-electron chi connectivity index (χ1n) is 45.9. The minimum Gasteiger partial charge on any atom is -0.388 e. The van der Waals surface area contributed by atoms with Crippen LogP contribution >= 0.6 is 0 Å². The molecule has 15 rings (SSSR count). The number of carbonyl (C=O) groups is 5. The quantitative estimate of drug-likeness (QED) is 0.0266. The van der Waals surface area contributed by atoms with Gasteiger partial charge in [-0.25, -0.2) is 0 Å². The minimum atomic E-state index is -0.447. The summed E-state index contributed by atoms with van der Waals surface area (Å²) in [7, 11) is 10.5. The molecule has 0 aromatic heterocycles. The molecule has 5 fully saturated rings. The van der Waals surface area contributed by atoms with Crippen LogP contribution in [0.1, 0.15) is 271 Å². The van der Waals surface area contributed by atoms with Crippen LogP contribution in [0.4, 0.5) is 0 Å². The molecule has 5 aliphatic heterocycles. The second kappa shape index (κ2) is 50.5. The highest BCUT2D eigenvalue weighted by atomic mass is 16.3. The topological polar surface area (TPSA) is 203 Å². The van der Waals surface area contributed by atoms with Crippen molar-refractivity contribution in [3.05, 3.63) is 359 Å². The molecule has 10 aromatic rings. The Hall–Kier alpha value is -9.85. The lowest BCUT2D eigenvalue weighted by molar-refractivity contribution is 0.0543. The largest absolute Gasteiger partial charge is 0.388 e. The third-order valence-electron chi connectivity index (χ3n) is 27.1. The fraction of sp³-hybridized carbons (Fsp3) is 0.409. The van der Waals surface area contributed by atoms with Crippen LogP contribution in [0.2, 0.25) is 0 Å². The summed E-state index contributed by atoms with van der Waals surface area (Å²) >= 11 is 0. The number of ketones is 5.